The van der Waals surface area contributed by atoms with E-state index in [1.54, 1.807) is 32.9 Å². The van der Waals surface area contributed by atoms with E-state index in [1.807, 2.05) is 42.5 Å². The van der Waals surface area contributed by atoms with Crippen LogP contribution in [-0.4, -0.2) is 42.3 Å². The number of benzene rings is 2. The Bertz CT molecular complexity index is 965. The summed E-state index contributed by atoms with van der Waals surface area (Å²) in [6.45, 7) is 8.69. The molecule has 0 unspecified atom stereocenters. The van der Waals surface area contributed by atoms with Gasteiger partial charge >= 0.3 is 12.1 Å². The second-order valence-corrected chi connectivity index (χ2v) is 9.43. The van der Waals surface area contributed by atoms with Crippen molar-refractivity contribution in [3.63, 3.8) is 0 Å². The van der Waals surface area contributed by atoms with Gasteiger partial charge in [-0.15, -0.1) is 0 Å². The van der Waals surface area contributed by atoms with E-state index in [1.165, 1.54) is 21.0 Å². The summed E-state index contributed by atoms with van der Waals surface area (Å²) in [5.41, 5.74) is -0.152. The fourth-order valence-corrected chi connectivity index (χ4v) is 3.06. The third-order valence-corrected chi connectivity index (χ3v) is 4.75. The minimum atomic E-state index is -1.27. The standard InChI is InChI=1S/C26H34N2O6/c1-25(2,3)34-24(31)27-21(22(29)28-26(4,5)23(30)32-6)16-18-12-14-20(15-13-18)33-17-19-10-8-7-9-11-19/h7-15,21H,16-17H2,1-6H3,(H,27,31)(H,28,29)/t21-/m0/s1. The van der Waals surface area contributed by atoms with Crippen molar-refractivity contribution >= 4 is 18.0 Å². The first kappa shape index (κ1) is 26.7. The van der Waals surface area contributed by atoms with Crippen molar-refractivity contribution in [3.05, 3.63) is 65.7 Å². The number of alkyl carbamates (subject to hydrolysis) is 1. The predicted molar refractivity (Wildman–Crippen MR) is 128 cm³/mol. The van der Waals surface area contributed by atoms with Crippen LogP contribution in [0.1, 0.15) is 45.7 Å². The van der Waals surface area contributed by atoms with E-state index in [2.05, 4.69) is 10.6 Å². The molecular weight excluding hydrogens is 436 g/mol. The molecule has 0 heterocycles. The van der Waals surface area contributed by atoms with Crippen molar-refractivity contribution < 1.29 is 28.6 Å². The fourth-order valence-electron chi connectivity index (χ4n) is 3.06. The van der Waals surface area contributed by atoms with Gasteiger partial charge in [-0.05, 0) is 57.9 Å². The van der Waals surface area contributed by atoms with Crippen LogP contribution < -0.4 is 15.4 Å². The summed E-state index contributed by atoms with van der Waals surface area (Å²) < 4.78 is 15.9. The Balaban J connectivity index is 2.10. The highest BCUT2D eigenvalue weighted by Crippen LogP contribution is 2.16. The Hall–Kier alpha value is -3.55. The molecule has 0 aromatic heterocycles. The van der Waals surface area contributed by atoms with Gasteiger partial charge in [-0.3, -0.25) is 4.79 Å². The first-order valence-corrected chi connectivity index (χ1v) is 11.1. The van der Waals surface area contributed by atoms with Gasteiger partial charge in [-0.1, -0.05) is 42.5 Å². The summed E-state index contributed by atoms with van der Waals surface area (Å²) in [6.07, 6.45) is -0.548. The van der Waals surface area contributed by atoms with Gasteiger partial charge in [0.25, 0.3) is 0 Å². The third kappa shape index (κ3) is 8.77. The van der Waals surface area contributed by atoms with Crippen molar-refractivity contribution in [2.24, 2.45) is 0 Å². The Morgan fingerprint density at radius 1 is 0.882 bits per heavy atom. The lowest BCUT2D eigenvalue weighted by Crippen LogP contribution is -2.57. The molecule has 1 atom stereocenters. The van der Waals surface area contributed by atoms with E-state index in [9.17, 15) is 14.4 Å². The Morgan fingerprint density at radius 3 is 2.06 bits per heavy atom. The molecule has 2 N–H and O–H groups in total. The van der Waals surface area contributed by atoms with Gasteiger partial charge in [0.1, 0.15) is 29.5 Å². The maximum Gasteiger partial charge on any atom is 0.408 e. The number of nitrogens with one attached hydrogen (secondary N) is 2. The second kappa shape index (κ2) is 11.5. The second-order valence-electron chi connectivity index (χ2n) is 9.43. The molecule has 8 heteroatoms. The lowest BCUT2D eigenvalue weighted by Gasteiger charge is -2.28. The molecule has 0 radical (unpaired) electrons. The van der Waals surface area contributed by atoms with Crippen molar-refractivity contribution in [2.45, 2.75) is 64.8 Å². The van der Waals surface area contributed by atoms with Crippen molar-refractivity contribution in [1.29, 1.82) is 0 Å². The monoisotopic (exact) mass is 470 g/mol. The van der Waals surface area contributed by atoms with Crippen molar-refractivity contribution in [1.82, 2.24) is 10.6 Å². The molecule has 0 fully saturated rings. The highest BCUT2D eigenvalue weighted by Gasteiger charge is 2.34. The molecule has 0 aliphatic heterocycles. The average molecular weight is 471 g/mol. The smallest absolute Gasteiger partial charge is 0.408 e. The molecule has 2 aromatic carbocycles. The van der Waals surface area contributed by atoms with E-state index in [0.717, 1.165) is 11.1 Å². The van der Waals surface area contributed by atoms with Crippen LogP contribution in [0.2, 0.25) is 0 Å². The summed E-state index contributed by atoms with van der Waals surface area (Å²) in [5.74, 6) is -0.456. The Labute approximate surface area is 201 Å². The molecule has 8 nitrogen and oxygen atoms in total. The predicted octanol–water partition coefficient (Wildman–Crippen LogP) is 3.77. The zero-order valence-electron chi connectivity index (χ0n) is 20.6. The van der Waals surface area contributed by atoms with E-state index >= 15 is 0 Å². The maximum atomic E-state index is 13.0. The zero-order chi connectivity index (χ0) is 25.4. The Kier molecular flexibility index (Phi) is 9.06. The van der Waals surface area contributed by atoms with Crippen molar-refractivity contribution in [3.8, 4) is 5.75 Å². The zero-order valence-corrected chi connectivity index (χ0v) is 20.6. The molecule has 0 bridgehead atoms. The number of methoxy groups -OCH3 is 1. The van der Waals surface area contributed by atoms with Crippen LogP contribution in [0, 0.1) is 0 Å². The van der Waals surface area contributed by atoms with Crippen LogP contribution in [-0.2, 0) is 32.1 Å². The van der Waals surface area contributed by atoms with Gasteiger partial charge in [0.15, 0.2) is 0 Å². The lowest BCUT2D eigenvalue weighted by atomic mass is 10.0. The van der Waals surface area contributed by atoms with Crippen LogP contribution in [0.3, 0.4) is 0 Å². The maximum absolute atomic E-state index is 13.0. The van der Waals surface area contributed by atoms with Crippen LogP contribution in [0.4, 0.5) is 4.79 Å². The SMILES string of the molecule is COC(=O)C(C)(C)NC(=O)[C@H](Cc1ccc(OCc2ccccc2)cc1)NC(=O)OC(C)(C)C. The molecule has 0 aliphatic rings. The normalized spacial score (nSPS) is 12.3. The number of esters is 1. The largest absolute Gasteiger partial charge is 0.489 e. The average Bonchev–Trinajstić information content (AvgIpc) is 2.76. The molecule has 0 saturated carbocycles. The fraction of sp³-hybridized carbons (Fsp3) is 0.423. The Morgan fingerprint density at radius 2 is 1.50 bits per heavy atom. The summed E-state index contributed by atoms with van der Waals surface area (Å²) in [6, 6.07) is 16.1. The summed E-state index contributed by atoms with van der Waals surface area (Å²) in [7, 11) is 1.24. The van der Waals surface area contributed by atoms with Gasteiger partial charge in [0.2, 0.25) is 5.91 Å². The van der Waals surface area contributed by atoms with Gasteiger partial charge in [0.05, 0.1) is 7.11 Å². The number of hydrogen-bond acceptors (Lipinski definition) is 6. The number of carbonyl (C=O) groups excluding carboxylic acids is 3. The molecule has 0 saturated heterocycles. The molecule has 2 rings (SSSR count). The molecule has 184 valence electrons. The topological polar surface area (TPSA) is 103 Å². The van der Waals surface area contributed by atoms with Crippen LogP contribution in [0.25, 0.3) is 0 Å². The van der Waals surface area contributed by atoms with Crippen LogP contribution in [0.15, 0.2) is 54.6 Å². The van der Waals surface area contributed by atoms with Crippen LogP contribution in [0.5, 0.6) is 5.75 Å². The minimum absolute atomic E-state index is 0.182. The van der Waals surface area contributed by atoms with E-state index in [-0.39, 0.29) is 6.42 Å². The lowest BCUT2D eigenvalue weighted by molar-refractivity contribution is -0.149. The van der Waals surface area contributed by atoms with Gasteiger partial charge in [-0.2, -0.15) is 0 Å². The molecule has 2 aromatic rings. The van der Waals surface area contributed by atoms with E-state index in [4.69, 9.17) is 14.2 Å². The molecule has 0 aliphatic carbocycles. The minimum Gasteiger partial charge on any atom is -0.489 e. The number of hydrogen-bond donors (Lipinski definition) is 2. The van der Waals surface area contributed by atoms with Gasteiger partial charge in [-0.25, -0.2) is 9.59 Å². The van der Waals surface area contributed by atoms with E-state index < -0.39 is 35.2 Å². The number of rotatable bonds is 9. The molecular formula is C26H34N2O6. The number of amides is 2. The highest BCUT2D eigenvalue weighted by atomic mass is 16.6. The highest BCUT2D eigenvalue weighted by molar-refractivity contribution is 5.91. The third-order valence-electron chi connectivity index (χ3n) is 4.75. The summed E-state index contributed by atoms with van der Waals surface area (Å²) in [4.78, 5) is 37.4. The van der Waals surface area contributed by atoms with Crippen molar-refractivity contribution in [2.75, 3.05) is 7.11 Å². The summed E-state index contributed by atoms with van der Waals surface area (Å²) in [5, 5.41) is 5.24. The summed E-state index contributed by atoms with van der Waals surface area (Å²) >= 11 is 0. The van der Waals surface area contributed by atoms with E-state index in [0.29, 0.717) is 12.4 Å². The molecule has 34 heavy (non-hydrogen) atoms. The first-order chi connectivity index (χ1) is 15.9. The molecule has 0 spiro atoms. The first-order valence-electron chi connectivity index (χ1n) is 11.1. The number of ether oxygens (including phenoxy) is 3. The molecule has 2 amide bonds. The van der Waals surface area contributed by atoms with Gasteiger partial charge < -0.3 is 24.8 Å². The van der Waals surface area contributed by atoms with Gasteiger partial charge in [0, 0.05) is 6.42 Å². The number of carbonyl (C=O) groups is 3. The van der Waals surface area contributed by atoms with Crippen LogP contribution >= 0.6 is 0 Å². The quantitative estimate of drug-likeness (QED) is 0.541.